The van der Waals surface area contributed by atoms with Gasteiger partial charge in [-0.15, -0.1) is 6.58 Å². The van der Waals surface area contributed by atoms with E-state index < -0.39 is 0 Å². The van der Waals surface area contributed by atoms with Crippen molar-refractivity contribution < 1.29 is 0 Å². The van der Waals surface area contributed by atoms with Crippen molar-refractivity contribution in [3.8, 4) is 0 Å². The van der Waals surface area contributed by atoms with Crippen LogP contribution in [0.5, 0.6) is 0 Å². The zero-order valence-corrected chi connectivity index (χ0v) is 13.3. The fourth-order valence-corrected chi connectivity index (χ4v) is 2.57. The number of rotatable bonds is 8. The number of nitrogens with one attached hydrogen (secondary N) is 1. The van der Waals surface area contributed by atoms with Crippen LogP contribution >= 0.6 is 23.2 Å². The average molecular weight is 300 g/mol. The summed E-state index contributed by atoms with van der Waals surface area (Å²) in [7, 11) is 0. The molecule has 19 heavy (non-hydrogen) atoms. The second kappa shape index (κ2) is 8.63. The molecule has 3 heteroatoms. The highest BCUT2D eigenvalue weighted by atomic mass is 35.5. The van der Waals surface area contributed by atoms with E-state index in [2.05, 4.69) is 25.7 Å². The van der Waals surface area contributed by atoms with E-state index in [-0.39, 0.29) is 0 Å². The molecule has 106 valence electrons. The predicted octanol–water partition coefficient (Wildman–Crippen LogP) is 5.26. The summed E-state index contributed by atoms with van der Waals surface area (Å²) < 4.78 is 0. The van der Waals surface area contributed by atoms with Crippen LogP contribution in [-0.2, 0) is 6.42 Å². The Morgan fingerprint density at radius 1 is 1.32 bits per heavy atom. The highest BCUT2D eigenvalue weighted by Gasteiger charge is 2.13. The van der Waals surface area contributed by atoms with Crippen LogP contribution in [0.1, 0.15) is 38.7 Å². The van der Waals surface area contributed by atoms with Crippen molar-refractivity contribution in [2.24, 2.45) is 0 Å². The molecule has 0 heterocycles. The monoisotopic (exact) mass is 299 g/mol. The van der Waals surface area contributed by atoms with E-state index in [1.807, 2.05) is 18.2 Å². The molecule has 0 spiro atoms. The SMILES string of the molecule is C=C(C)CCC(Cc1c(Cl)cccc1Cl)NCCC. The summed E-state index contributed by atoms with van der Waals surface area (Å²) in [5, 5.41) is 5.08. The lowest BCUT2D eigenvalue weighted by molar-refractivity contribution is 0.477. The lowest BCUT2D eigenvalue weighted by Gasteiger charge is -2.20. The van der Waals surface area contributed by atoms with Gasteiger partial charge in [0.2, 0.25) is 0 Å². The predicted molar refractivity (Wildman–Crippen MR) is 86.3 cm³/mol. The molecule has 1 atom stereocenters. The van der Waals surface area contributed by atoms with Crippen LogP contribution in [-0.4, -0.2) is 12.6 Å². The molecule has 0 radical (unpaired) electrons. The molecular weight excluding hydrogens is 277 g/mol. The van der Waals surface area contributed by atoms with E-state index in [4.69, 9.17) is 23.2 Å². The van der Waals surface area contributed by atoms with Gasteiger partial charge in [0.15, 0.2) is 0 Å². The Labute approximate surface area is 127 Å². The lowest BCUT2D eigenvalue weighted by Crippen LogP contribution is -2.32. The fourth-order valence-electron chi connectivity index (χ4n) is 2.02. The highest BCUT2D eigenvalue weighted by molar-refractivity contribution is 6.35. The quantitative estimate of drug-likeness (QED) is 0.646. The van der Waals surface area contributed by atoms with E-state index in [9.17, 15) is 0 Å². The molecule has 1 N–H and O–H groups in total. The van der Waals surface area contributed by atoms with E-state index in [0.717, 1.165) is 47.8 Å². The first-order valence-corrected chi connectivity index (χ1v) is 7.60. The maximum atomic E-state index is 6.24. The largest absolute Gasteiger partial charge is 0.314 e. The molecule has 1 aromatic carbocycles. The first-order valence-electron chi connectivity index (χ1n) is 6.85. The van der Waals surface area contributed by atoms with Crippen molar-refractivity contribution >= 4 is 23.2 Å². The van der Waals surface area contributed by atoms with Crippen LogP contribution in [0, 0.1) is 0 Å². The Kier molecular flexibility index (Phi) is 7.52. The molecule has 1 nitrogen and oxygen atoms in total. The summed E-state index contributed by atoms with van der Waals surface area (Å²) in [6.07, 6.45) is 4.09. The number of allylic oxidation sites excluding steroid dienone is 1. The third-order valence-corrected chi connectivity index (χ3v) is 3.82. The normalized spacial score (nSPS) is 12.4. The van der Waals surface area contributed by atoms with Gasteiger partial charge in [-0.3, -0.25) is 0 Å². The zero-order valence-electron chi connectivity index (χ0n) is 11.8. The van der Waals surface area contributed by atoms with E-state index in [0.29, 0.717) is 6.04 Å². The third-order valence-electron chi connectivity index (χ3n) is 3.11. The van der Waals surface area contributed by atoms with Crippen LogP contribution < -0.4 is 5.32 Å². The van der Waals surface area contributed by atoms with Gasteiger partial charge in [-0.1, -0.05) is 41.8 Å². The topological polar surface area (TPSA) is 12.0 Å². The van der Waals surface area contributed by atoms with E-state index in [1.54, 1.807) is 0 Å². The molecule has 0 aromatic heterocycles. The highest BCUT2D eigenvalue weighted by Crippen LogP contribution is 2.26. The number of hydrogen-bond donors (Lipinski definition) is 1. The summed E-state index contributed by atoms with van der Waals surface area (Å²) in [6.45, 7) is 9.23. The molecular formula is C16H23Cl2N. The Morgan fingerprint density at radius 3 is 2.47 bits per heavy atom. The van der Waals surface area contributed by atoms with Gasteiger partial charge in [0.25, 0.3) is 0 Å². The van der Waals surface area contributed by atoms with Crippen molar-refractivity contribution in [2.75, 3.05) is 6.54 Å². The molecule has 1 rings (SSSR count). The Hall–Kier alpha value is -0.500. The molecule has 0 aliphatic heterocycles. The van der Waals surface area contributed by atoms with E-state index in [1.165, 1.54) is 5.57 Å². The Morgan fingerprint density at radius 2 is 1.95 bits per heavy atom. The smallest absolute Gasteiger partial charge is 0.0453 e. The summed E-state index contributed by atoms with van der Waals surface area (Å²) in [5.74, 6) is 0. The van der Waals surface area contributed by atoms with Gasteiger partial charge in [0, 0.05) is 16.1 Å². The molecule has 1 unspecified atom stereocenters. The minimum Gasteiger partial charge on any atom is -0.314 e. The molecule has 0 saturated heterocycles. The molecule has 1 aromatic rings. The minimum absolute atomic E-state index is 0.397. The minimum atomic E-state index is 0.397. The van der Waals surface area contributed by atoms with Gasteiger partial charge in [-0.25, -0.2) is 0 Å². The number of benzene rings is 1. The standard InChI is InChI=1S/C16H23Cl2N/c1-4-10-19-13(9-8-12(2)3)11-14-15(17)6-5-7-16(14)18/h5-7,13,19H,2,4,8-11H2,1,3H3. The number of hydrogen-bond acceptors (Lipinski definition) is 1. The Bertz CT molecular complexity index is 395. The number of halogens is 2. The van der Waals surface area contributed by atoms with Crippen LogP contribution in [0.15, 0.2) is 30.4 Å². The lowest BCUT2D eigenvalue weighted by atomic mass is 9.99. The molecule has 0 fully saturated rings. The van der Waals surface area contributed by atoms with Gasteiger partial charge in [-0.05, 0) is 56.8 Å². The van der Waals surface area contributed by atoms with E-state index >= 15 is 0 Å². The Balaban J connectivity index is 2.72. The first-order chi connectivity index (χ1) is 9.04. The van der Waals surface area contributed by atoms with Crippen LogP contribution in [0.25, 0.3) is 0 Å². The average Bonchev–Trinajstić information content (AvgIpc) is 2.36. The van der Waals surface area contributed by atoms with Gasteiger partial charge in [0.05, 0.1) is 0 Å². The van der Waals surface area contributed by atoms with Crippen molar-refractivity contribution in [2.45, 2.75) is 45.6 Å². The maximum Gasteiger partial charge on any atom is 0.0453 e. The summed E-state index contributed by atoms with van der Waals surface area (Å²) >= 11 is 12.5. The fraction of sp³-hybridized carbons (Fsp3) is 0.500. The molecule has 0 aliphatic rings. The van der Waals surface area contributed by atoms with Crippen LogP contribution in [0.3, 0.4) is 0 Å². The third kappa shape index (κ3) is 5.99. The summed E-state index contributed by atoms with van der Waals surface area (Å²) in [4.78, 5) is 0. The second-order valence-corrected chi connectivity index (χ2v) is 5.87. The van der Waals surface area contributed by atoms with Gasteiger partial charge in [-0.2, -0.15) is 0 Å². The van der Waals surface area contributed by atoms with Crippen LogP contribution in [0.4, 0.5) is 0 Å². The van der Waals surface area contributed by atoms with Gasteiger partial charge in [0.1, 0.15) is 0 Å². The van der Waals surface area contributed by atoms with Crippen molar-refractivity contribution in [3.05, 3.63) is 46.0 Å². The first kappa shape index (κ1) is 16.6. The summed E-state index contributed by atoms with van der Waals surface area (Å²) in [5.41, 5.74) is 2.26. The van der Waals surface area contributed by atoms with Crippen LogP contribution in [0.2, 0.25) is 10.0 Å². The van der Waals surface area contributed by atoms with Crippen molar-refractivity contribution in [1.82, 2.24) is 5.32 Å². The van der Waals surface area contributed by atoms with Crippen molar-refractivity contribution in [1.29, 1.82) is 0 Å². The van der Waals surface area contributed by atoms with Crippen molar-refractivity contribution in [3.63, 3.8) is 0 Å². The molecule has 0 bridgehead atoms. The van der Waals surface area contributed by atoms with Gasteiger partial charge >= 0.3 is 0 Å². The second-order valence-electron chi connectivity index (χ2n) is 5.05. The zero-order chi connectivity index (χ0) is 14.3. The molecule has 0 saturated carbocycles. The van der Waals surface area contributed by atoms with Gasteiger partial charge < -0.3 is 5.32 Å². The molecule has 0 aliphatic carbocycles. The summed E-state index contributed by atoms with van der Waals surface area (Å²) in [6, 6.07) is 6.09. The molecule has 0 amide bonds. The maximum absolute atomic E-state index is 6.24.